The van der Waals surface area contributed by atoms with Gasteiger partial charge in [-0.15, -0.1) is 0 Å². The lowest BCUT2D eigenvalue weighted by atomic mass is 10.1. The summed E-state index contributed by atoms with van der Waals surface area (Å²) in [6.07, 6.45) is -0.129. The SMILES string of the molecule is O=C(O)OC1=CC(c2ccccc2)ON1. The number of ether oxygens (including phenoxy) is 1. The second-order valence-corrected chi connectivity index (χ2v) is 2.95. The van der Waals surface area contributed by atoms with Gasteiger partial charge in [0.2, 0.25) is 5.88 Å². The van der Waals surface area contributed by atoms with E-state index in [0.717, 1.165) is 5.56 Å². The van der Waals surface area contributed by atoms with Crippen LogP contribution in [0.15, 0.2) is 42.3 Å². The summed E-state index contributed by atoms with van der Waals surface area (Å²) in [7, 11) is 0. The standard InChI is InChI=1S/C10H9NO4/c12-10(13)14-9-6-8(15-11-9)7-4-2-1-3-5-7/h1-6,8,11H,(H,12,13). The first-order chi connectivity index (χ1) is 7.25. The molecule has 0 bridgehead atoms. The highest BCUT2D eigenvalue weighted by Crippen LogP contribution is 2.23. The van der Waals surface area contributed by atoms with Crippen LogP contribution in [0.5, 0.6) is 0 Å². The highest BCUT2D eigenvalue weighted by atomic mass is 16.7. The van der Waals surface area contributed by atoms with Crippen LogP contribution >= 0.6 is 0 Å². The second kappa shape index (κ2) is 4.02. The molecule has 5 nitrogen and oxygen atoms in total. The Hall–Kier alpha value is -2.01. The highest BCUT2D eigenvalue weighted by molar-refractivity contribution is 5.58. The molecule has 1 atom stereocenters. The number of hydrogen-bond acceptors (Lipinski definition) is 4. The monoisotopic (exact) mass is 207 g/mol. The maximum Gasteiger partial charge on any atom is 0.512 e. The molecular weight excluding hydrogens is 198 g/mol. The fourth-order valence-electron chi connectivity index (χ4n) is 1.28. The molecule has 1 aromatic carbocycles. The van der Waals surface area contributed by atoms with Gasteiger partial charge in [0.25, 0.3) is 0 Å². The zero-order valence-electron chi connectivity index (χ0n) is 7.71. The second-order valence-electron chi connectivity index (χ2n) is 2.95. The van der Waals surface area contributed by atoms with Gasteiger partial charge < -0.3 is 9.84 Å². The Morgan fingerprint density at radius 2 is 2.13 bits per heavy atom. The molecule has 78 valence electrons. The topological polar surface area (TPSA) is 67.8 Å². The van der Waals surface area contributed by atoms with E-state index >= 15 is 0 Å². The fraction of sp³-hybridized carbons (Fsp3) is 0.100. The van der Waals surface area contributed by atoms with Crippen molar-refractivity contribution in [2.45, 2.75) is 6.10 Å². The average molecular weight is 207 g/mol. The number of carbonyl (C=O) groups is 1. The van der Waals surface area contributed by atoms with Crippen molar-refractivity contribution in [1.82, 2.24) is 5.48 Å². The number of hydroxylamine groups is 1. The smallest absolute Gasteiger partial charge is 0.449 e. The minimum absolute atomic E-state index is 0.0938. The van der Waals surface area contributed by atoms with E-state index in [4.69, 9.17) is 9.94 Å². The van der Waals surface area contributed by atoms with E-state index < -0.39 is 6.16 Å². The predicted octanol–water partition coefficient (Wildman–Crippen LogP) is 1.80. The molecule has 0 radical (unpaired) electrons. The lowest BCUT2D eigenvalue weighted by molar-refractivity contribution is 0.0151. The lowest BCUT2D eigenvalue weighted by Crippen LogP contribution is -2.12. The molecule has 0 amide bonds. The van der Waals surface area contributed by atoms with E-state index in [0.29, 0.717) is 0 Å². The molecule has 0 aliphatic carbocycles. The van der Waals surface area contributed by atoms with Crippen LogP contribution in [-0.4, -0.2) is 11.3 Å². The van der Waals surface area contributed by atoms with E-state index in [2.05, 4.69) is 10.2 Å². The van der Waals surface area contributed by atoms with Crippen LogP contribution < -0.4 is 5.48 Å². The average Bonchev–Trinajstić information content (AvgIpc) is 2.67. The van der Waals surface area contributed by atoms with E-state index in [-0.39, 0.29) is 12.0 Å². The van der Waals surface area contributed by atoms with Gasteiger partial charge in [-0.2, -0.15) is 0 Å². The lowest BCUT2D eigenvalue weighted by Gasteiger charge is -2.05. The summed E-state index contributed by atoms with van der Waals surface area (Å²) in [5.74, 6) is 0.0938. The number of hydrogen-bond donors (Lipinski definition) is 2. The quantitative estimate of drug-likeness (QED) is 0.724. The Morgan fingerprint density at radius 1 is 1.40 bits per heavy atom. The van der Waals surface area contributed by atoms with Crippen LogP contribution in [0.25, 0.3) is 0 Å². The molecule has 2 N–H and O–H groups in total. The molecule has 0 spiro atoms. The van der Waals surface area contributed by atoms with Crippen molar-refractivity contribution in [3.8, 4) is 0 Å². The van der Waals surface area contributed by atoms with Crippen LogP contribution in [0, 0.1) is 0 Å². The molecule has 0 fully saturated rings. The Balaban J connectivity index is 2.09. The maximum absolute atomic E-state index is 10.2. The van der Waals surface area contributed by atoms with Gasteiger partial charge in [-0.25, -0.2) is 10.3 Å². The fourth-order valence-corrected chi connectivity index (χ4v) is 1.28. The largest absolute Gasteiger partial charge is 0.512 e. The van der Waals surface area contributed by atoms with Crippen molar-refractivity contribution in [3.63, 3.8) is 0 Å². The van der Waals surface area contributed by atoms with Gasteiger partial charge in [-0.1, -0.05) is 30.3 Å². The molecule has 1 heterocycles. The van der Waals surface area contributed by atoms with Crippen LogP contribution in [0.2, 0.25) is 0 Å². The van der Waals surface area contributed by atoms with E-state index in [1.165, 1.54) is 0 Å². The summed E-state index contributed by atoms with van der Waals surface area (Å²) in [5, 5.41) is 8.37. The molecule has 1 aliphatic heterocycles. The molecule has 5 heteroatoms. The summed E-state index contributed by atoms with van der Waals surface area (Å²) in [4.78, 5) is 15.4. The third-order valence-corrected chi connectivity index (χ3v) is 1.91. The highest BCUT2D eigenvalue weighted by Gasteiger charge is 2.20. The van der Waals surface area contributed by atoms with Gasteiger partial charge in [0, 0.05) is 6.08 Å². The summed E-state index contributed by atoms with van der Waals surface area (Å²) in [6, 6.07) is 9.41. The number of nitrogens with one attached hydrogen (secondary N) is 1. The van der Waals surface area contributed by atoms with Crippen LogP contribution in [0.4, 0.5) is 4.79 Å². The molecule has 1 aliphatic rings. The minimum Gasteiger partial charge on any atom is -0.449 e. The summed E-state index contributed by atoms with van der Waals surface area (Å²) in [6.45, 7) is 0. The number of rotatable bonds is 2. The van der Waals surface area contributed by atoms with E-state index in [9.17, 15) is 4.79 Å². The first-order valence-corrected chi connectivity index (χ1v) is 4.35. The Bertz CT molecular complexity index is 388. The third kappa shape index (κ3) is 2.26. The Kier molecular flexibility index (Phi) is 2.55. The van der Waals surface area contributed by atoms with Gasteiger partial charge in [0.1, 0.15) is 6.10 Å². The van der Waals surface area contributed by atoms with Gasteiger partial charge in [0.05, 0.1) is 0 Å². The van der Waals surface area contributed by atoms with Gasteiger partial charge in [-0.3, -0.25) is 4.84 Å². The van der Waals surface area contributed by atoms with Gasteiger partial charge >= 0.3 is 6.16 Å². The summed E-state index contributed by atoms with van der Waals surface area (Å²) >= 11 is 0. The summed E-state index contributed by atoms with van der Waals surface area (Å²) in [5.41, 5.74) is 3.32. The van der Waals surface area contributed by atoms with Gasteiger partial charge in [-0.05, 0) is 5.56 Å². The molecule has 0 saturated carbocycles. The normalized spacial score (nSPS) is 19.2. The third-order valence-electron chi connectivity index (χ3n) is 1.91. The molecule has 15 heavy (non-hydrogen) atoms. The maximum atomic E-state index is 10.2. The zero-order chi connectivity index (χ0) is 10.7. The first-order valence-electron chi connectivity index (χ1n) is 4.35. The molecule has 2 rings (SSSR count). The van der Waals surface area contributed by atoms with E-state index in [1.54, 1.807) is 6.08 Å². The van der Waals surface area contributed by atoms with Crippen molar-refractivity contribution in [1.29, 1.82) is 0 Å². The number of benzene rings is 1. The van der Waals surface area contributed by atoms with Crippen molar-refractivity contribution in [2.24, 2.45) is 0 Å². The Morgan fingerprint density at radius 3 is 2.80 bits per heavy atom. The molecular formula is C10H9NO4. The Labute approximate surface area is 85.9 Å². The molecule has 0 aromatic heterocycles. The zero-order valence-corrected chi connectivity index (χ0v) is 7.71. The van der Waals surface area contributed by atoms with Crippen molar-refractivity contribution >= 4 is 6.16 Å². The van der Waals surface area contributed by atoms with Crippen molar-refractivity contribution in [3.05, 3.63) is 47.9 Å². The molecule has 1 aromatic rings. The number of carboxylic acid groups (broad SMARTS) is 1. The van der Waals surface area contributed by atoms with Crippen molar-refractivity contribution in [2.75, 3.05) is 0 Å². The minimum atomic E-state index is -1.37. The molecule has 0 saturated heterocycles. The van der Waals surface area contributed by atoms with E-state index in [1.807, 2.05) is 30.3 Å². The first kappa shape index (κ1) is 9.54. The van der Waals surface area contributed by atoms with Crippen LogP contribution in [-0.2, 0) is 9.57 Å². The van der Waals surface area contributed by atoms with Crippen LogP contribution in [0.3, 0.4) is 0 Å². The van der Waals surface area contributed by atoms with Crippen LogP contribution in [0.1, 0.15) is 11.7 Å². The summed E-state index contributed by atoms with van der Waals surface area (Å²) < 4.78 is 4.40. The van der Waals surface area contributed by atoms with Gasteiger partial charge in [0.15, 0.2) is 0 Å². The molecule has 1 unspecified atom stereocenters. The van der Waals surface area contributed by atoms with Crippen molar-refractivity contribution < 1.29 is 19.5 Å². The predicted molar refractivity (Wildman–Crippen MR) is 50.6 cm³/mol.